The van der Waals surface area contributed by atoms with Crippen LogP contribution in [0, 0.1) is 5.41 Å². The minimum atomic E-state index is -0.410. The lowest BCUT2D eigenvalue weighted by molar-refractivity contribution is -0.136. The molecule has 1 atom stereocenters. The summed E-state index contributed by atoms with van der Waals surface area (Å²) in [5, 5.41) is 6.32. The van der Waals surface area contributed by atoms with E-state index in [9.17, 15) is 4.79 Å². The van der Waals surface area contributed by atoms with Crippen molar-refractivity contribution in [2.24, 2.45) is 5.41 Å². The fourth-order valence-corrected chi connectivity index (χ4v) is 2.82. The van der Waals surface area contributed by atoms with Gasteiger partial charge < -0.3 is 20.1 Å². The molecule has 0 bridgehead atoms. The zero-order chi connectivity index (χ0) is 15.8. The molecule has 1 fully saturated rings. The van der Waals surface area contributed by atoms with Crippen molar-refractivity contribution in [3.8, 4) is 5.75 Å². The van der Waals surface area contributed by atoms with Gasteiger partial charge in [-0.15, -0.1) is 0 Å². The number of piperidine rings is 1. The lowest BCUT2D eigenvalue weighted by Crippen LogP contribution is -2.51. The molecule has 2 N–H and O–H groups in total. The van der Waals surface area contributed by atoms with Gasteiger partial charge in [0.05, 0.1) is 18.6 Å². The summed E-state index contributed by atoms with van der Waals surface area (Å²) in [5.41, 5.74) is -0.410. The zero-order valence-electron chi connectivity index (χ0n) is 13.4. The van der Waals surface area contributed by atoms with E-state index < -0.39 is 5.41 Å². The first-order valence-electron chi connectivity index (χ1n) is 7.86. The predicted octanol–water partition coefficient (Wildman–Crippen LogP) is 1.59. The molecule has 1 aromatic rings. The Hall–Kier alpha value is -1.59. The van der Waals surface area contributed by atoms with Gasteiger partial charge in [-0.2, -0.15) is 0 Å². The van der Waals surface area contributed by atoms with Crippen LogP contribution in [-0.4, -0.2) is 45.4 Å². The highest BCUT2D eigenvalue weighted by molar-refractivity contribution is 5.83. The molecule has 1 heterocycles. The summed E-state index contributed by atoms with van der Waals surface area (Å²) in [7, 11) is 1.65. The van der Waals surface area contributed by atoms with Crippen LogP contribution >= 0.6 is 0 Å². The van der Waals surface area contributed by atoms with Crippen LogP contribution in [-0.2, 0) is 9.53 Å². The van der Waals surface area contributed by atoms with Crippen molar-refractivity contribution < 1.29 is 14.3 Å². The molecule has 1 aromatic carbocycles. The highest BCUT2D eigenvalue weighted by Crippen LogP contribution is 2.29. The van der Waals surface area contributed by atoms with E-state index in [1.54, 1.807) is 7.11 Å². The van der Waals surface area contributed by atoms with Gasteiger partial charge in [-0.05, 0) is 45.0 Å². The Balaban J connectivity index is 1.85. The lowest BCUT2D eigenvalue weighted by Gasteiger charge is -2.35. The second kappa shape index (κ2) is 8.15. The van der Waals surface area contributed by atoms with E-state index >= 15 is 0 Å². The third kappa shape index (κ3) is 4.45. The van der Waals surface area contributed by atoms with E-state index in [0.717, 1.165) is 31.7 Å². The van der Waals surface area contributed by atoms with Crippen molar-refractivity contribution in [2.75, 3.05) is 33.4 Å². The van der Waals surface area contributed by atoms with Crippen LogP contribution in [0.3, 0.4) is 0 Å². The Labute approximate surface area is 132 Å². The van der Waals surface area contributed by atoms with Crippen LogP contribution in [0.1, 0.15) is 19.8 Å². The number of hydrogen-bond donors (Lipinski definition) is 2. The first-order valence-corrected chi connectivity index (χ1v) is 7.86. The largest absolute Gasteiger partial charge is 0.489 e. The van der Waals surface area contributed by atoms with E-state index in [-0.39, 0.29) is 12.0 Å². The smallest absolute Gasteiger partial charge is 0.228 e. The maximum absolute atomic E-state index is 12.6. The number of carbonyl (C=O) groups excluding carboxylic acids is 1. The Morgan fingerprint density at radius 2 is 2.00 bits per heavy atom. The van der Waals surface area contributed by atoms with Crippen molar-refractivity contribution in [2.45, 2.75) is 25.9 Å². The van der Waals surface area contributed by atoms with Gasteiger partial charge in [0.25, 0.3) is 0 Å². The van der Waals surface area contributed by atoms with Crippen molar-refractivity contribution in [3.05, 3.63) is 30.3 Å². The number of hydrogen-bond acceptors (Lipinski definition) is 4. The van der Waals surface area contributed by atoms with Crippen LogP contribution < -0.4 is 15.4 Å². The molecule has 1 aliphatic rings. The number of benzene rings is 1. The summed E-state index contributed by atoms with van der Waals surface area (Å²) >= 11 is 0. The van der Waals surface area contributed by atoms with Gasteiger partial charge in [0, 0.05) is 7.11 Å². The fraction of sp³-hybridized carbons (Fsp3) is 0.588. The molecule has 1 saturated heterocycles. The summed E-state index contributed by atoms with van der Waals surface area (Å²) in [6.45, 7) is 4.62. The molecule has 0 radical (unpaired) electrons. The van der Waals surface area contributed by atoms with Crippen LogP contribution in [0.15, 0.2) is 30.3 Å². The number of methoxy groups -OCH3 is 1. The number of para-hydroxylation sites is 1. The molecule has 1 aliphatic heterocycles. The lowest BCUT2D eigenvalue weighted by atomic mass is 9.78. The number of ether oxygens (including phenoxy) is 2. The average Bonchev–Trinajstić information content (AvgIpc) is 2.54. The molecule has 0 saturated carbocycles. The van der Waals surface area contributed by atoms with Crippen LogP contribution in [0.4, 0.5) is 0 Å². The summed E-state index contributed by atoms with van der Waals surface area (Å²) in [6, 6.07) is 9.65. The first kappa shape index (κ1) is 16.8. The standard InChI is InChI=1S/C17H26N2O3/c1-14(22-15-6-4-3-5-7-15)12-19-16(20)17(13-21-2)8-10-18-11-9-17/h3-7,14,18H,8-13H2,1-2H3,(H,19,20). The van der Waals surface area contributed by atoms with Crippen LogP contribution in [0.5, 0.6) is 5.75 Å². The van der Waals surface area contributed by atoms with Gasteiger partial charge in [-0.3, -0.25) is 4.79 Å². The van der Waals surface area contributed by atoms with E-state index in [4.69, 9.17) is 9.47 Å². The van der Waals surface area contributed by atoms with Crippen LogP contribution in [0.25, 0.3) is 0 Å². The second-order valence-corrected chi connectivity index (χ2v) is 5.91. The molecule has 0 spiro atoms. The van der Waals surface area contributed by atoms with Gasteiger partial charge in [0.15, 0.2) is 0 Å². The predicted molar refractivity (Wildman–Crippen MR) is 86.0 cm³/mol. The highest BCUT2D eigenvalue weighted by Gasteiger charge is 2.39. The van der Waals surface area contributed by atoms with Crippen LogP contribution in [0.2, 0.25) is 0 Å². The zero-order valence-corrected chi connectivity index (χ0v) is 13.4. The summed E-state index contributed by atoms with van der Waals surface area (Å²) < 4.78 is 11.1. The van der Waals surface area contributed by atoms with E-state index in [1.165, 1.54) is 0 Å². The third-order valence-corrected chi connectivity index (χ3v) is 4.09. The molecule has 0 aliphatic carbocycles. The van der Waals surface area contributed by atoms with Crippen molar-refractivity contribution in [1.29, 1.82) is 0 Å². The fourth-order valence-electron chi connectivity index (χ4n) is 2.82. The Bertz CT molecular complexity index is 453. The van der Waals surface area contributed by atoms with E-state index in [0.29, 0.717) is 13.2 Å². The van der Waals surface area contributed by atoms with E-state index in [1.807, 2.05) is 37.3 Å². The maximum Gasteiger partial charge on any atom is 0.228 e. The molecule has 22 heavy (non-hydrogen) atoms. The Morgan fingerprint density at radius 3 is 2.64 bits per heavy atom. The molecule has 0 aromatic heterocycles. The SMILES string of the molecule is COCC1(C(=O)NCC(C)Oc2ccccc2)CCNCC1. The average molecular weight is 306 g/mol. The summed E-state index contributed by atoms with van der Waals surface area (Å²) in [4.78, 5) is 12.6. The minimum Gasteiger partial charge on any atom is -0.489 e. The molecule has 5 heteroatoms. The molecule has 1 unspecified atom stereocenters. The molecule has 1 amide bonds. The van der Waals surface area contributed by atoms with Crippen molar-refractivity contribution in [3.63, 3.8) is 0 Å². The van der Waals surface area contributed by atoms with Crippen molar-refractivity contribution >= 4 is 5.91 Å². The second-order valence-electron chi connectivity index (χ2n) is 5.91. The molecular weight excluding hydrogens is 280 g/mol. The van der Waals surface area contributed by atoms with E-state index in [2.05, 4.69) is 10.6 Å². The third-order valence-electron chi connectivity index (χ3n) is 4.09. The van der Waals surface area contributed by atoms with Gasteiger partial charge in [0.1, 0.15) is 11.9 Å². The number of amides is 1. The van der Waals surface area contributed by atoms with Crippen molar-refractivity contribution in [1.82, 2.24) is 10.6 Å². The summed E-state index contributed by atoms with van der Waals surface area (Å²) in [5.74, 6) is 0.886. The van der Waals surface area contributed by atoms with Gasteiger partial charge in [-0.1, -0.05) is 18.2 Å². The van der Waals surface area contributed by atoms with Gasteiger partial charge >= 0.3 is 0 Å². The molecule has 5 nitrogen and oxygen atoms in total. The molecular formula is C17H26N2O3. The normalized spacial score (nSPS) is 18.5. The summed E-state index contributed by atoms with van der Waals surface area (Å²) in [6.07, 6.45) is 1.54. The number of carbonyl (C=O) groups is 1. The maximum atomic E-state index is 12.6. The Kier molecular flexibility index (Phi) is 6.21. The van der Waals surface area contributed by atoms with Gasteiger partial charge in [-0.25, -0.2) is 0 Å². The Morgan fingerprint density at radius 1 is 1.32 bits per heavy atom. The molecule has 2 rings (SSSR count). The highest BCUT2D eigenvalue weighted by atomic mass is 16.5. The quantitative estimate of drug-likeness (QED) is 0.803. The molecule has 122 valence electrons. The monoisotopic (exact) mass is 306 g/mol. The topological polar surface area (TPSA) is 59.6 Å². The number of rotatable bonds is 7. The number of nitrogens with one attached hydrogen (secondary N) is 2. The minimum absolute atomic E-state index is 0.0689. The first-order chi connectivity index (χ1) is 10.7. The van der Waals surface area contributed by atoms with Gasteiger partial charge in [0.2, 0.25) is 5.91 Å².